The number of rotatable bonds is 7. The van der Waals surface area contributed by atoms with E-state index in [-0.39, 0.29) is 18.3 Å². The van der Waals surface area contributed by atoms with Gasteiger partial charge >= 0.3 is 5.97 Å². The number of benzene rings is 1. The maximum absolute atomic E-state index is 12.3. The number of anilines is 1. The molecule has 0 aliphatic carbocycles. The summed E-state index contributed by atoms with van der Waals surface area (Å²) in [5, 5.41) is 3.59. The summed E-state index contributed by atoms with van der Waals surface area (Å²) in [6, 6.07) is 11.2. The molecule has 2 heterocycles. The average Bonchev–Trinajstić information content (AvgIpc) is 3.15. The smallest absolute Gasteiger partial charge is 0.316 e. The van der Waals surface area contributed by atoms with Gasteiger partial charge in [-0.2, -0.15) is 0 Å². The van der Waals surface area contributed by atoms with Crippen LogP contribution >= 0.6 is 23.1 Å². The second-order valence-corrected chi connectivity index (χ2v) is 7.10. The number of aromatic nitrogens is 2. The van der Waals surface area contributed by atoms with Gasteiger partial charge in [-0.25, -0.2) is 9.97 Å². The Bertz CT molecular complexity index is 899. The maximum atomic E-state index is 12.3. The van der Waals surface area contributed by atoms with Gasteiger partial charge in [0, 0.05) is 17.6 Å². The highest BCUT2D eigenvalue weighted by molar-refractivity contribution is 8.00. The zero-order valence-corrected chi connectivity index (χ0v) is 15.8. The Labute approximate surface area is 159 Å². The minimum absolute atomic E-state index is 0.0900. The number of thioether (sulfide) groups is 1. The highest BCUT2D eigenvalue weighted by Crippen LogP contribution is 2.27. The van der Waals surface area contributed by atoms with E-state index in [1.165, 1.54) is 29.4 Å². The van der Waals surface area contributed by atoms with Crippen molar-refractivity contribution in [1.82, 2.24) is 9.97 Å². The summed E-state index contributed by atoms with van der Waals surface area (Å²) in [5.41, 5.74) is 0.784. The van der Waals surface area contributed by atoms with Crippen molar-refractivity contribution in [3.63, 3.8) is 0 Å². The molecule has 3 rings (SSSR count). The molecule has 1 amide bonds. The molecule has 6 nitrogen and oxygen atoms in total. The Balaban J connectivity index is 1.52. The number of nitrogens with zero attached hydrogens (tertiary/aromatic N) is 3. The van der Waals surface area contributed by atoms with Crippen molar-refractivity contribution in [3.8, 4) is 0 Å². The average molecular weight is 387 g/mol. The molecule has 0 spiro atoms. The molecule has 0 bridgehead atoms. The molecule has 134 valence electrons. The number of ether oxygens (including phenoxy) is 1. The van der Waals surface area contributed by atoms with Crippen molar-refractivity contribution < 1.29 is 14.3 Å². The van der Waals surface area contributed by atoms with E-state index in [1.54, 1.807) is 4.90 Å². The van der Waals surface area contributed by atoms with Crippen LogP contribution in [0.1, 0.15) is 6.92 Å². The fourth-order valence-electron chi connectivity index (χ4n) is 2.38. The third-order valence-corrected chi connectivity index (χ3v) is 5.39. The predicted molar refractivity (Wildman–Crippen MR) is 104 cm³/mol. The largest absolute Gasteiger partial charge is 0.455 e. The Morgan fingerprint density at radius 1 is 1.19 bits per heavy atom. The first kappa shape index (κ1) is 18.3. The number of para-hydroxylation sites is 1. The number of esters is 1. The van der Waals surface area contributed by atoms with E-state index in [0.29, 0.717) is 6.54 Å². The van der Waals surface area contributed by atoms with Gasteiger partial charge in [0.15, 0.2) is 6.61 Å². The van der Waals surface area contributed by atoms with Crippen LogP contribution in [0.4, 0.5) is 5.69 Å². The first-order valence-electron chi connectivity index (χ1n) is 8.01. The lowest BCUT2D eigenvalue weighted by Crippen LogP contribution is -2.34. The molecule has 8 heteroatoms. The van der Waals surface area contributed by atoms with Crippen LogP contribution in [0, 0.1) is 0 Å². The predicted octanol–water partition coefficient (Wildman–Crippen LogP) is 3.38. The molecule has 0 aliphatic rings. The van der Waals surface area contributed by atoms with Crippen molar-refractivity contribution in [1.29, 1.82) is 0 Å². The molecule has 2 aromatic heterocycles. The highest BCUT2D eigenvalue weighted by Gasteiger charge is 2.16. The third-order valence-electron chi connectivity index (χ3n) is 3.59. The van der Waals surface area contributed by atoms with Crippen molar-refractivity contribution in [2.75, 3.05) is 23.8 Å². The molecule has 0 saturated carbocycles. The number of amides is 1. The summed E-state index contributed by atoms with van der Waals surface area (Å²) in [7, 11) is 0. The van der Waals surface area contributed by atoms with Crippen LogP contribution in [0.2, 0.25) is 0 Å². The number of carbonyl (C=O) groups is 2. The molecule has 0 fully saturated rings. The molecule has 0 atom stereocenters. The molecule has 0 aliphatic heterocycles. The van der Waals surface area contributed by atoms with E-state index in [1.807, 2.05) is 48.7 Å². The van der Waals surface area contributed by atoms with Gasteiger partial charge in [-0.3, -0.25) is 9.59 Å². The van der Waals surface area contributed by atoms with Crippen LogP contribution < -0.4 is 4.90 Å². The number of fused-ring (bicyclic) bond motifs is 1. The normalized spacial score (nSPS) is 10.7. The second kappa shape index (κ2) is 8.77. The molecule has 0 saturated heterocycles. The van der Waals surface area contributed by atoms with Crippen molar-refractivity contribution in [2.45, 2.75) is 11.9 Å². The molecule has 0 unspecified atom stereocenters. The van der Waals surface area contributed by atoms with Gasteiger partial charge in [-0.05, 0) is 30.5 Å². The van der Waals surface area contributed by atoms with Crippen LogP contribution in [-0.2, 0) is 14.3 Å². The zero-order valence-electron chi connectivity index (χ0n) is 14.1. The van der Waals surface area contributed by atoms with Gasteiger partial charge in [0.2, 0.25) is 0 Å². The first-order valence-corrected chi connectivity index (χ1v) is 9.87. The summed E-state index contributed by atoms with van der Waals surface area (Å²) in [6.07, 6.45) is 1.48. The lowest BCUT2D eigenvalue weighted by atomic mass is 10.3. The number of hydrogen-bond acceptors (Lipinski definition) is 7. The van der Waals surface area contributed by atoms with Crippen LogP contribution in [0.15, 0.2) is 53.1 Å². The van der Waals surface area contributed by atoms with Gasteiger partial charge in [-0.1, -0.05) is 30.0 Å². The van der Waals surface area contributed by atoms with E-state index >= 15 is 0 Å². The van der Waals surface area contributed by atoms with Gasteiger partial charge in [-0.15, -0.1) is 11.3 Å². The SMILES string of the molecule is CCN(C(=O)COC(=O)CSc1ncnc2sccc12)c1ccccc1. The topological polar surface area (TPSA) is 72.4 Å². The Hall–Kier alpha value is -2.45. The van der Waals surface area contributed by atoms with Crippen LogP contribution in [-0.4, -0.2) is 40.7 Å². The molecule has 26 heavy (non-hydrogen) atoms. The highest BCUT2D eigenvalue weighted by atomic mass is 32.2. The number of hydrogen-bond donors (Lipinski definition) is 0. The summed E-state index contributed by atoms with van der Waals surface area (Å²) >= 11 is 2.80. The molecule has 0 radical (unpaired) electrons. The number of thiophene rings is 1. The summed E-state index contributed by atoms with van der Waals surface area (Å²) in [4.78, 5) is 35.1. The van der Waals surface area contributed by atoms with E-state index in [4.69, 9.17) is 4.74 Å². The zero-order chi connectivity index (χ0) is 18.4. The standard InChI is InChI=1S/C18H17N3O3S2/c1-2-21(13-6-4-3-5-7-13)15(22)10-24-16(23)11-26-18-14-8-9-25-17(14)19-12-20-18/h3-9,12H,2,10-11H2,1H3. The molecule has 3 aromatic rings. The minimum atomic E-state index is -0.450. The number of likely N-dealkylation sites (N-methyl/N-ethyl adjacent to an activating group) is 1. The minimum Gasteiger partial charge on any atom is -0.455 e. The van der Waals surface area contributed by atoms with Gasteiger partial charge < -0.3 is 9.64 Å². The lowest BCUT2D eigenvalue weighted by Gasteiger charge is -2.20. The quantitative estimate of drug-likeness (QED) is 0.352. The molecular weight excluding hydrogens is 370 g/mol. The van der Waals surface area contributed by atoms with Crippen molar-refractivity contribution >= 4 is 50.9 Å². The van der Waals surface area contributed by atoms with Gasteiger partial charge in [0.1, 0.15) is 16.2 Å². The van der Waals surface area contributed by atoms with Crippen LogP contribution in [0.5, 0.6) is 0 Å². The molecule has 0 N–H and O–H groups in total. The fraction of sp³-hybridized carbons (Fsp3) is 0.222. The third kappa shape index (κ3) is 4.39. The van der Waals surface area contributed by atoms with E-state index < -0.39 is 5.97 Å². The summed E-state index contributed by atoms with van der Waals surface area (Å²) < 4.78 is 5.13. The lowest BCUT2D eigenvalue weighted by molar-refractivity contribution is -0.145. The monoisotopic (exact) mass is 387 g/mol. The molecular formula is C18H17N3O3S2. The van der Waals surface area contributed by atoms with E-state index in [2.05, 4.69) is 9.97 Å². The molecule has 1 aromatic carbocycles. The van der Waals surface area contributed by atoms with E-state index in [9.17, 15) is 9.59 Å². The first-order chi connectivity index (χ1) is 12.7. The maximum Gasteiger partial charge on any atom is 0.316 e. The van der Waals surface area contributed by atoms with E-state index in [0.717, 1.165) is 20.9 Å². The Kier molecular flexibility index (Phi) is 6.19. The van der Waals surface area contributed by atoms with Gasteiger partial charge in [0.05, 0.1) is 5.75 Å². The van der Waals surface area contributed by atoms with Gasteiger partial charge in [0.25, 0.3) is 5.91 Å². The fourth-order valence-corrected chi connectivity index (χ4v) is 3.96. The summed E-state index contributed by atoms with van der Waals surface area (Å²) in [6.45, 7) is 2.11. The second-order valence-electron chi connectivity index (χ2n) is 5.24. The Morgan fingerprint density at radius 3 is 2.77 bits per heavy atom. The van der Waals surface area contributed by atoms with Crippen molar-refractivity contribution in [3.05, 3.63) is 48.1 Å². The summed E-state index contributed by atoms with van der Waals surface area (Å²) in [5.74, 6) is -0.610. The van der Waals surface area contributed by atoms with Crippen molar-refractivity contribution in [2.24, 2.45) is 0 Å². The van der Waals surface area contributed by atoms with Crippen LogP contribution in [0.25, 0.3) is 10.2 Å². The Morgan fingerprint density at radius 2 is 2.00 bits per heavy atom. The number of carbonyl (C=O) groups excluding carboxylic acids is 2. The van der Waals surface area contributed by atoms with Crippen LogP contribution in [0.3, 0.4) is 0 Å².